The van der Waals surface area contributed by atoms with E-state index in [-0.39, 0.29) is 0 Å². The molecular weight excluding hydrogens is 98.1 g/mol. The highest BCUT2D eigenvalue weighted by Gasteiger charge is 2.08. The Bertz CT molecular complexity index is 139. The summed E-state index contributed by atoms with van der Waals surface area (Å²) >= 11 is 0. The molecule has 0 atom stereocenters. The second kappa shape index (κ2) is 2.52. The summed E-state index contributed by atoms with van der Waals surface area (Å²) < 4.78 is 0. The Kier molecular flexibility index (Phi) is 1.69. The van der Waals surface area contributed by atoms with Gasteiger partial charge in [0.15, 0.2) is 0 Å². The highest BCUT2D eigenvalue weighted by atomic mass is 14.7. The smallest absolute Gasteiger partial charge is 0.0490 e. The molecule has 0 saturated carbocycles. The maximum Gasteiger partial charge on any atom is 0.312 e. The van der Waals surface area contributed by atoms with E-state index in [1.54, 1.807) is 0 Å². The van der Waals surface area contributed by atoms with Gasteiger partial charge in [-0.25, -0.2) is 0 Å². The first-order valence-corrected chi connectivity index (χ1v) is 3.03. The summed E-state index contributed by atoms with van der Waals surface area (Å²) in [7, 11) is 0. The van der Waals surface area contributed by atoms with Crippen molar-refractivity contribution in [1.29, 1.82) is 0 Å². The third kappa shape index (κ3) is 1.10. The third-order valence-electron chi connectivity index (χ3n) is 1.43. The molecule has 1 nitrogen and oxygen atoms in total. The van der Waals surface area contributed by atoms with E-state index < -0.39 is 0 Å². The summed E-state index contributed by atoms with van der Waals surface area (Å²) in [6.45, 7) is 5.06. The van der Waals surface area contributed by atoms with Crippen LogP contribution in [0.3, 0.4) is 0 Å². The Labute approximate surface area is 49.8 Å². The molecular formula is C7H10N+. The van der Waals surface area contributed by atoms with Crippen LogP contribution in [0.2, 0.25) is 0 Å². The van der Waals surface area contributed by atoms with Gasteiger partial charge in [-0.1, -0.05) is 0 Å². The molecule has 0 amide bonds. The van der Waals surface area contributed by atoms with Crippen LogP contribution in [0, 0.1) is 6.57 Å². The van der Waals surface area contributed by atoms with Crippen molar-refractivity contribution in [2.75, 3.05) is 0 Å². The van der Waals surface area contributed by atoms with Crippen molar-refractivity contribution >= 4 is 0 Å². The zero-order valence-corrected chi connectivity index (χ0v) is 4.93. The standard InChI is InChI=1S/C7H10N/c1-8-7-5-3-2-4-6-7/h1,5H,2-4,6H2/q+1. The lowest BCUT2D eigenvalue weighted by atomic mass is 10.1. The van der Waals surface area contributed by atoms with Crippen LogP contribution in [0.15, 0.2) is 11.8 Å². The van der Waals surface area contributed by atoms with Crippen LogP contribution in [0.4, 0.5) is 0 Å². The summed E-state index contributed by atoms with van der Waals surface area (Å²) in [5.41, 5.74) is 1.08. The number of rotatable bonds is 0. The van der Waals surface area contributed by atoms with Gasteiger partial charge in [-0.3, -0.25) is 0 Å². The maximum atomic E-state index is 5.06. The van der Waals surface area contributed by atoms with Crippen LogP contribution in [0.5, 0.6) is 0 Å². The molecule has 1 aliphatic rings. The van der Waals surface area contributed by atoms with E-state index in [1.165, 1.54) is 12.8 Å². The minimum absolute atomic E-state index is 1.08. The molecule has 0 aliphatic heterocycles. The van der Waals surface area contributed by atoms with Gasteiger partial charge in [-0.15, -0.1) is 0 Å². The Morgan fingerprint density at radius 1 is 1.50 bits per heavy atom. The molecule has 0 radical (unpaired) electrons. The van der Waals surface area contributed by atoms with E-state index >= 15 is 0 Å². The molecule has 0 bridgehead atoms. The average Bonchev–Trinajstić information content (AvgIpc) is 1.90. The number of nitrogens with zero attached hydrogens (tertiary/aromatic N) is 1. The summed E-state index contributed by atoms with van der Waals surface area (Å²) in [6.07, 6.45) is 6.92. The Hall–Kier alpha value is -0.770. The molecule has 0 aromatic rings. The van der Waals surface area contributed by atoms with Gasteiger partial charge in [0.05, 0.1) is 6.42 Å². The van der Waals surface area contributed by atoms with E-state index in [1.807, 2.05) is 0 Å². The third-order valence-corrected chi connectivity index (χ3v) is 1.43. The molecule has 42 valence electrons. The number of hydrogen-bond acceptors (Lipinski definition) is 0. The van der Waals surface area contributed by atoms with Crippen LogP contribution < -0.4 is 0 Å². The lowest BCUT2D eigenvalue weighted by Gasteiger charge is -1.96. The van der Waals surface area contributed by atoms with Crippen molar-refractivity contribution in [2.24, 2.45) is 0 Å². The van der Waals surface area contributed by atoms with E-state index in [0.717, 1.165) is 18.5 Å². The van der Waals surface area contributed by atoms with Gasteiger partial charge in [0.1, 0.15) is 0 Å². The van der Waals surface area contributed by atoms with Crippen molar-refractivity contribution in [2.45, 2.75) is 25.7 Å². The molecule has 0 aromatic heterocycles. The summed E-state index contributed by atoms with van der Waals surface area (Å²) in [5.74, 6) is 0. The molecule has 0 saturated heterocycles. The molecule has 0 unspecified atom stereocenters. The van der Waals surface area contributed by atoms with Crippen molar-refractivity contribution in [3.05, 3.63) is 16.6 Å². The molecule has 8 heavy (non-hydrogen) atoms. The summed E-state index contributed by atoms with van der Waals surface area (Å²) in [5, 5.41) is 0. The van der Waals surface area contributed by atoms with Gasteiger partial charge in [0.25, 0.3) is 6.57 Å². The SMILES string of the molecule is C#[N+]C1=CCCCC1. The minimum atomic E-state index is 1.08. The lowest BCUT2D eigenvalue weighted by molar-refractivity contribution is 0.711. The molecule has 1 aliphatic carbocycles. The zero-order chi connectivity index (χ0) is 5.82. The normalized spacial score (nSPS) is 19.1. The van der Waals surface area contributed by atoms with Gasteiger partial charge >= 0.3 is 5.70 Å². The summed E-state index contributed by atoms with van der Waals surface area (Å²) in [4.78, 5) is 3.61. The topological polar surface area (TPSA) is 4.36 Å². The largest absolute Gasteiger partial charge is 0.312 e. The van der Waals surface area contributed by atoms with Crippen LogP contribution in [0.25, 0.3) is 4.85 Å². The second-order valence-corrected chi connectivity index (χ2v) is 2.07. The number of hydrogen-bond donors (Lipinski definition) is 0. The van der Waals surface area contributed by atoms with Crippen LogP contribution in [-0.4, -0.2) is 0 Å². The highest BCUT2D eigenvalue weighted by Crippen LogP contribution is 2.17. The Morgan fingerprint density at radius 3 is 2.75 bits per heavy atom. The van der Waals surface area contributed by atoms with Crippen LogP contribution in [-0.2, 0) is 0 Å². The monoisotopic (exact) mass is 108 g/mol. The van der Waals surface area contributed by atoms with Crippen LogP contribution in [0.1, 0.15) is 25.7 Å². The predicted octanol–water partition coefficient (Wildman–Crippen LogP) is 2.41. The molecule has 1 rings (SSSR count). The Morgan fingerprint density at radius 2 is 2.38 bits per heavy atom. The van der Waals surface area contributed by atoms with E-state index in [0.29, 0.717) is 0 Å². The summed E-state index contributed by atoms with van der Waals surface area (Å²) in [6, 6.07) is 0. The molecule has 1 heteroatoms. The highest BCUT2D eigenvalue weighted by molar-refractivity contribution is 5.13. The molecule has 0 aromatic carbocycles. The van der Waals surface area contributed by atoms with Crippen molar-refractivity contribution < 1.29 is 0 Å². The van der Waals surface area contributed by atoms with E-state index in [9.17, 15) is 0 Å². The fourth-order valence-electron chi connectivity index (χ4n) is 0.938. The molecule has 0 spiro atoms. The fourth-order valence-corrected chi connectivity index (χ4v) is 0.938. The van der Waals surface area contributed by atoms with Crippen molar-refractivity contribution in [3.63, 3.8) is 0 Å². The second-order valence-electron chi connectivity index (χ2n) is 2.07. The van der Waals surface area contributed by atoms with Crippen molar-refractivity contribution in [3.8, 4) is 6.57 Å². The number of allylic oxidation sites excluding steroid dienone is 2. The fraction of sp³-hybridized carbons (Fsp3) is 0.571. The first-order valence-electron chi connectivity index (χ1n) is 3.03. The van der Waals surface area contributed by atoms with Crippen LogP contribution >= 0.6 is 0 Å². The minimum Gasteiger partial charge on any atom is -0.0490 e. The first kappa shape index (κ1) is 5.37. The van der Waals surface area contributed by atoms with Gasteiger partial charge in [0, 0.05) is 6.08 Å². The maximum absolute atomic E-state index is 5.06. The predicted molar refractivity (Wildman–Crippen MR) is 34.9 cm³/mol. The molecule has 0 fully saturated rings. The lowest BCUT2D eigenvalue weighted by Crippen LogP contribution is -1.85. The van der Waals surface area contributed by atoms with Crippen molar-refractivity contribution in [1.82, 2.24) is 0 Å². The first-order chi connectivity index (χ1) is 3.93. The van der Waals surface area contributed by atoms with Gasteiger partial charge < -0.3 is 0 Å². The Balaban J connectivity index is 2.53. The van der Waals surface area contributed by atoms with E-state index in [2.05, 4.69) is 10.9 Å². The van der Waals surface area contributed by atoms with Gasteiger partial charge in [-0.2, -0.15) is 0 Å². The molecule has 0 heterocycles. The molecule has 0 N–H and O–H groups in total. The van der Waals surface area contributed by atoms with E-state index in [4.69, 9.17) is 6.57 Å². The quantitative estimate of drug-likeness (QED) is 0.449. The van der Waals surface area contributed by atoms with Gasteiger partial charge in [-0.05, 0) is 24.1 Å². The zero-order valence-electron chi connectivity index (χ0n) is 4.93. The average molecular weight is 108 g/mol. The van der Waals surface area contributed by atoms with Gasteiger partial charge in [0.2, 0.25) is 0 Å².